The highest BCUT2D eigenvalue weighted by Crippen LogP contribution is 2.32. The Bertz CT molecular complexity index is 1900. The lowest BCUT2D eigenvalue weighted by Crippen LogP contribution is -2.43. The molecule has 1 aliphatic rings. The van der Waals surface area contributed by atoms with Crippen molar-refractivity contribution in [2.24, 2.45) is 0 Å². The molecule has 2 heterocycles. The maximum atomic E-state index is 13.3. The summed E-state index contributed by atoms with van der Waals surface area (Å²) < 4.78 is 35.0. The van der Waals surface area contributed by atoms with E-state index in [9.17, 15) is 19.2 Å². The number of benzene rings is 4. The minimum atomic E-state index is -1.32. The fraction of sp³-hybridized carbons (Fsp3) is 0.167. The second-order valence-corrected chi connectivity index (χ2v) is 10.5. The van der Waals surface area contributed by atoms with Gasteiger partial charge in [0.2, 0.25) is 12.4 Å². The molecule has 1 fully saturated rings. The average molecular weight is 621 g/mol. The van der Waals surface area contributed by atoms with Gasteiger partial charge in [-0.15, -0.1) is 0 Å². The molecule has 0 unspecified atom stereocenters. The van der Waals surface area contributed by atoms with Crippen molar-refractivity contribution in [1.29, 1.82) is 0 Å². The predicted molar refractivity (Wildman–Crippen MR) is 165 cm³/mol. The number of hydrogen-bond donors (Lipinski definition) is 0. The molecule has 0 amide bonds. The van der Waals surface area contributed by atoms with Crippen LogP contribution in [0.1, 0.15) is 36.6 Å². The number of fused-ring (bicyclic) bond motifs is 1. The number of esters is 3. The third-order valence-electron chi connectivity index (χ3n) is 7.34. The van der Waals surface area contributed by atoms with E-state index in [1.54, 1.807) is 110 Å². The summed E-state index contributed by atoms with van der Waals surface area (Å²) in [6.07, 6.45) is -4.98. The predicted octanol–water partition coefficient (Wildman–Crippen LogP) is 5.51. The van der Waals surface area contributed by atoms with Crippen LogP contribution in [-0.2, 0) is 18.9 Å². The largest absolute Gasteiger partial charge is 0.461 e. The lowest BCUT2D eigenvalue weighted by Gasteiger charge is -2.24. The number of rotatable bonds is 9. The van der Waals surface area contributed by atoms with E-state index >= 15 is 0 Å². The summed E-state index contributed by atoms with van der Waals surface area (Å²) in [7, 11) is 0. The van der Waals surface area contributed by atoms with Crippen molar-refractivity contribution in [3.05, 3.63) is 148 Å². The van der Waals surface area contributed by atoms with E-state index in [2.05, 4.69) is 0 Å². The van der Waals surface area contributed by atoms with E-state index in [1.807, 2.05) is 0 Å². The third-order valence-corrected chi connectivity index (χ3v) is 7.34. The van der Waals surface area contributed by atoms with Crippen molar-refractivity contribution in [2.75, 3.05) is 6.61 Å². The van der Waals surface area contributed by atoms with Gasteiger partial charge in [0, 0.05) is 17.5 Å². The molecular formula is C36H28O10. The number of carbonyl (C=O) groups is 3. The fourth-order valence-electron chi connectivity index (χ4n) is 5.05. The van der Waals surface area contributed by atoms with Gasteiger partial charge in [0.15, 0.2) is 6.10 Å². The molecule has 0 radical (unpaired) electrons. The number of carbonyl (C=O) groups excluding carboxylic acids is 3. The molecular weight excluding hydrogens is 592 g/mol. The standard InChI is InChI=1S/C36H28O10/c1-22-19-30(37)43-28-20-26(17-18-27(22)28)42-36-32(46-35(40)25-15-9-4-10-16-25)31(45-34(39)24-13-7-3-8-14-24)29(44-36)21-41-33(38)23-11-5-2-6-12-23/h2-20,29,31-32,36H,21H2,1H3/t29-,31-,32-,36-/m1/s1. The molecule has 1 saturated heterocycles. The highest BCUT2D eigenvalue weighted by Gasteiger charge is 2.52. The monoisotopic (exact) mass is 620 g/mol. The van der Waals surface area contributed by atoms with Gasteiger partial charge in [-0.05, 0) is 61.0 Å². The van der Waals surface area contributed by atoms with E-state index < -0.39 is 48.1 Å². The van der Waals surface area contributed by atoms with Gasteiger partial charge in [-0.3, -0.25) is 0 Å². The smallest absolute Gasteiger partial charge is 0.338 e. The Labute approximate surface area is 263 Å². The highest BCUT2D eigenvalue weighted by molar-refractivity contribution is 5.91. The van der Waals surface area contributed by atoms with Crippen molar-refractivity contribution < 1.29 is 42.5 Å². The normalized spacial score (nSPS) is 18.9. The first-order valence-corrected chi connectivity index (χ1v) is 14.5. The molecule has 5 aromatic rings. The Kier molecular flexibility index (Phi) is 8.89. The van der Waals surface area contributed by atoms with Gasteiger partial charge in [0.25, 0.3) is 0 Å². The van der Waals surface area contributed by atoms with Gasteiger partial charge in [-0.25, -0.2) is 19.2 Å². The van der Waals surface area contributed by atoms with Crippen LogP contribution in [0.2, 0.25) is 0 Å². The van der Waals surface area contributed by atoms with E-state index in [1.165, 1.54) is 12.1 Å². The zero-order valence-electron chi connectivity index (χ0n) is 24.6. The first-order valence-electron chi connectivity index (χ1n) is 14.5. The van der Waals surface area contributed by atoms with Crippen LogP contribution in [0.25, 0.3) is 11.0 Å². The molecule has 6 rings (SSSR count). The van der Waals surface area contributed by atoms with E-state index in [0.717, 1.165) is 5.56 Å². The summed E-state index contributed by atoms with van der Waals surface area (Å²) in [5.41, 5.74) is 1.28. The molecule has 1 aromatic heterocycles. The van der Waals surface area contributed by atoms with Gasteiger partial charge >= 0.3 is 23.5 Å². The van der Waals surface area contributed by atoms with Crippen molar-refractivity contribution in [1.82, 2.24) is 0 Å². The summed E-state index contributed by atoms with van der Waals surface area (Å²) in [6, 6.07) is 31.1. The fourth-order valence-corrected chi connectivity index (χ4v) is 5.05. The van der Waals surface area contributed by atoms with E-state index in [4.69, 9.17) is 28.1 Å². The first kappa shape index (κ1) is 30.3. The van der Waals surface area contributed by atoms with Gasteiger partial charge < -0.3 is 28.1 Å². The number of hydrogen-bond acceptors (Lipinski definition) is 10. The molecule has 4 atom stereocenters. The summed E-state index contributed by atoms with van der Waals surface area (Å²) in [6.45, 7) is 1.43. The second kappa shape index (κ2) is 13.5. The molecule has 46 heavy (non-hydrogen) atoms. The Balaban J connectivity index is 1.33. The van der Waals surface area contributed by atoms with Gasteiger partial charge in [-0.1, -0.05) is 54.6 Å². The van der Waals surface area contributed by atoms with Crippen LogP contribution in [0.3, 0.4) is 0 Å². The minimum absolute atomic E-state index is 0.224. The maximum absolute atomic E-state index is 13.3. The van der Waals surface area contributed by atoms with Crippen LogP contribution in [0.4, 0.5) is 0 Å². The molecule has 0 spiro atoms. The summed E-state index contributed by atoms with van der Waals surface area (Å²) in [4.78, 5) is 51.4. The Morgan fingerprint density at radius 3 is 1.80 bits per heavy atom. The summed E-state index contributed by atoms with van der Waals surface area (Å²) in [5.74, 6) is -1.83. The number of ether oxygens (including phenoxy) is 5. The van der Waals surface area contributed by atoms with Crippen molar-refractivity contribution >= 4 is 28.9 Å². The van der Waals surface area contributed by atoms with Gasteiger partial charge in [0.05, 0.1) is 16.7 Å². The van der Waals surface area contributed by atoms with Crippen LogP contribution in [-0.4, -0.2) is 49.1 Å². The Hall–Kier alpha value is -5.74. The molecule has 4 aromatic carbocycles. The second-order valence-electron chi connectivity index (χ2n) is 10.5. The zero-order valence-corrected chi connectivity index (χ0v) is 24.6. The molecule has 232 valence electrons. The minimum Gasteiger partial charge on any atom is -0.461 e. The van der Waals surface area contributed by atoms with Crippen molar-refractivity contribution in [3.8, 4) is 5.75 Å². The first-order chi connectivity index (χ1) is 22.4. The SMILES string of the molecule is Cc1cc(=O)oc2cc(O[C@@H]3O[C@H](COC(=O)c4ccccc4)[C@@H](OC(=O)c4ccccc4)[C@H]3OC(=O)c3ccccc3)ccc12. The zero-order chi connectivity index (χ0) is 32.0. The van der Waals surface area contributed by atoms with Crippen molar-refractivity contribution in [3.63, 3.8) is 0 Å². The Morgan fingerprint density at radius 2 is 1.22 bits per heavy atom. The third kappa shape index (κ3) is 6.82. The molecule has 0 bridgehead atoms. The molecule has 0 N–H and O–H groups in total. The van der Waals surface area contributed by atoms with Gasteiger partial charge in [0.1, 0.15) is 24.0 Å². The number of aryl methyl sites for hydroxylation is 1. The summed E-state index contributed by atoms with van der Waals surface area (Å²) in [5, 5.41) is 0.701. The molecule has 0 aliphatic carbocycles. The molecule has 0 saturated carbocycles. The lowest BCUT2D eigenvalue weighted by atomic mass is 10.1. The van der Waals surface area contributed by atoms with Crippen LogP contribution in [0.15, 0.2) is 124 Å². The lowest BCUT2D eigenvalue weighted by molar-refractivity contribution is -0.120. The highest BCUT2D eigenvalue weighted by atomic mass is 16.7. The van der Waals surface area contributed by atoms with Crippen LogP contribution in [0.5, 0.6) is 5.75 Å². The van der Waals surface area contributed by atoms with Crippen LogP contribution >= 0.6 is 0 Å². The molecule has 10 nitrogen and oxygen atoms in total. The Morgan fingerprint density at radius 1 is 0.674 bits per heavy atom. The van der Waals surface area contributed by atoms with Crippen LogP contribution in [0, 0.1) is 6.92 Å². The topological polar surface area (TPSA) is 128 Å². The maximum Gasteiger partial charge on any atom is 0.338 e. The van der Waals surface area contributed by atoms with Crippen LogP contribution < -0.4 is 10.4 Å². The quantitative estimate of drug-likeness (QED) is 0.118. The molecule has 1 aliphatic heterocycles. The van der Waals surface area contributed by atoms with E-state index in [0.29, 0.717) is 10.9 Å². The molecule has 10 heteroatoms. The van der Waals surface area contributed by atoms with Crippen molar-refractivity contribution in [2.45, 2.75) is 31.5 Å². The van der Waals surface area contributed by atoms with E-state index in [-0.39, 0.29) is 29.1 Å². The van der Waals surface area contributed by atoms with Gasteiger partial charge in [-0.2, -0.15) is 0 Å². The average Bonchev–Trinajstić information content (AvgIpc) is 3.38. The summed E-state index contributed by atoms with van der Waals surface area (Å²) >= 11 is 0.